The molecule has 0 aliphatic rings. The molecule has 0 radical (unpaired) electrons. The number of hydrogen-bond acceptors (Lipinski definition) is 2. The lowest BCUT2D eigenvalue weighted by Gasteiger charge is -2.02. The molecule has 0 unspecified atom stereocenters. The van der Waals surface area contributed by atoms with E-state index in [1.54, 1.807) is 6.07 Å². The predicted octanol–water partition coefficient (Wildman–Crippen LogP) is 4.67. The largest absolute Gasteiger partial charge is 0.294 e. The first-order valence-electron chi connectivity index (χ1n) is 4.48. The van der Waals surface area contributed by atoms with E-state index in [1.807, 2.05) is 0 Å². The Morgan fingerprint density at radius 1 is 1.50 bits per heavy atom. The fourth-order valence-electron chi connectivity index (χ4n) is 1.08. The number of halogens is 2. The Morgan fingerprint density at radius 2 is 2.14 bits per heavy atom. The molecule has 0 aromatic carbocycles. The maximum Gasteiger partial charge on any atom is 0.165 e. The van der Waals surface area contributed by atoms with Gasteiger partial charge in [-0.2, -0.15) is 0 Å². The molecule has 78 valence electrons. The van der Waals surface area contributed by atoms with Gasteiger partial charge in [0.2, 0.25) is 0 Å². The van der Waals surface area contributed by atoms with Gasteiger partial charge in [-0.3, -0.25) is 4.79 Å². The number of carbonyl (C=O) groups excluding carboxylic acids is 1. The standard InChI is InChI=1S/C10H12Cl2OS/c1-6(2)3-4-8(13)7-5-9(11)14-10(7)12/h5-6H,3-4H2,1-2H3. The molecule has 1 heterocycles. The van der Waals surface area contributed by atoms with Crippen LogP contribution in [0.25, 0.3) is 0 Å². The predicted molar refractivity (Wildman–Crippen MR) is 62.7 cm³/mol. The highest BCUT2D eigenvalue weighted by molar-refractivity contribution is 7.20. The van der Waals surface area contributed by atoms with E-state index in [-0.39, 0.29) is 5.78 Å². The maximum atomic E-state index is 11.6. The molecule has 0 atom stereocenters. The summed E-state index contributed by atoms with van der Waals surface area (Å²) in [5, 5.41) is 0. The molecule has 0 aliphatic heterocycles. The van der Waals surface area contributed by atoms with Crippen LogP contribution in [0.5, 0.6) is 0 Å². The van der Waals surface area contributed by atoms with Crippen LogP contribution in [-0.4, -0.2) is 5.78 Å². The second-order valence-corrected chi connectivity index (χ2v) is 5.88. The van der Waals surface area contributed by atoms with E-state index in [0.29, 0.717) is 26.6 Å². The molecular weight excluding hydrogens is 239 g/mol. The average Bonchev–Trinajstić information content (AvgIpc) is 2.41. The molecule has 0 saturated carbocycles. The van der Waals surface area contributed by atoms with Gasteiger partial charge < -0.3 is 0 Å². The van der Waals surface area contributed by atoms with E-state index >= 15 is 0 Å². The van der Waals surface area contributed by atoms with Crippen LogP contribution in [0.3, 0.4) is 0 Å². The maximum absolute atomic E-state index is 11.6. The molecule has 0 aliphatic carbocycles. The van der Waals surface area contributed by atoms with Crippen molar-refractivity contribution in [2.24, 2.45) is 5.92 Å². The van der Waals surface area contributed by atoms with Crippen LogP contribution in [0.2, 0.25) is 8.67 Å². The Hall–Kier alpha value is -0.0500. The van der Waals surface area contributed by atoms with E-state index in [2.05, 4.69) is 13.8 Å². The monoisotopic (exact) mass is 250 g/mol. The van der Waals surface area contributed by atoms with Gasteiger partial charge in [-0.25, -0.2) is 0 Å². The summed E-state index contributed by atoms with van der Waals surface area (Å²) in [5.41, 5.74) is 0.572. The molecule has 0 bridgehead atoms. The summed E-state index contributed by atoms with van der Waals surface area (Å²) in [6.07, 6.45) is 1.44. The third kappa shape index (κ3) is 3.26. The van der Waals surface area contributed by atoms with Crippen molar-refractivity contribution < 1.29 is 4.79 Å². The van der Waals surface area contributed by atoms with Gasteiger partial charge in [0.25, 0.3) is 0 Å². The Morgan fingerprint density at radius 3 is 2.57 bits per heavy atom. The number of Topliss-reactive ketones (excluding diaryl/α,β-unsaturated/α-hetero) is 1. The molecule has 0 spiro atoms. The first kappa shape index (κ1) is 12.0. The van der Waals surface area contributed by atoms with Gasteiger partial charge in [-0.05, 0) is 18.4 Å². The molecule has 0 saturated heterocycles. The fourth-order valence-corrected chi connectivity index (χ4v) is 2.58. The van der Waals surface area contributed by atoms with Crippen LogP contribution < -0.4 is 0 Å². The highest BCUT2D eigenvalue weighted by Crippen LogP contribution is 2.32. The lowest BCUT2D eigenvalue weighted by atomic mass is 10.0. The number of hydrogen-bond donors (Lipinski definition) is 0. The van der Waals surface area contributed by atoms with Gasteiger partial charge in [0, 0.05) is 12.0 Å². The number of rotatable bonds is 4. The van der Waals surface area contributed by atoms with Crippen molar-refractivity contribution in [2.75, 3.05) is 0 Å². The van der Waals surface area contributed by atoms with E-state index in [9.17, 15) is 4.79 Å². The van der Waals surface area contributed by atoms with Gasteiger partial charge in [0.05, 0.1) is 4.34 Å². The Bertz CT molecular complexity index is 331. The minimum atomic E-state index is 0.0897. The van der Waals surface area contributed by atoms with Gasteiger partial charge in [-0.1, -0.05) is 37.0 Å². The van der Waals surface area contributed by atoms with Gasteiger partial charge in [-0.15, -0.1) is 11.3 Å². The van der Waals surface area contributed by atoms with Gasteiger partial charge in [0.15, 0.2) is 5.78 Å². The van der Waals surface area contributed by atoms with E-state index in [4.69, 9.17) is 23.2 Å². The van der Waals surface area contributed by atoms with Crippen molar-refractivity contribution in [2.45, 2.75) is 26.7 Å². The zero-order chi connectivity index (χ0) is 10.7. The SMILES string of the molecule is CC(C)CCC(=O)c1cc(Cl)sc1Cl. The summed E-state index contributed by atoms with van der Waals surface area (Å²) in [6.45, 7) is 4.19. The molecular formula is C10H12Cl2OS. The summed E-state index contributed by atoms with van der Waals surface area (Å²) in [6, 6.07) is 1.65. The number of ketones is 1. The molecule has 1 aromatic rings. The third-order valence-corrected chi connectivity index (χ3v) is 3.39. The second-order valence-electron chi connectivity index (χ2n) is 3.59. The van der Waals surface area contributed by atoms with Crippen molar-refractivity contribution in [3.05, 3.63) is 20.3 Å². The number of thiophene rings is 1. The molecule has 1 rings (SSSR count). The van der Waals surface area contributed by atoms with Crippen LogP contribution in [0, 0.1) is 5.92 Å². The van der Waals surface area contributed by atoms with Crippen molar-refractivity contribution in [3.8, 4) is 0 Å². The average molecular weight is 251 g/mol. The summed E-state index contributed by atoms with van der Waals surface area (Å²) in [4.78, 5) is 11.6. The molecule has 4 heteroatoms. The zero-order valence-electron chi connectivity index (χ0n) is 8.14. The first-order valence-corrected chi connectivity index (χ1v) is 6.06. The second kappa shape index (κ2) is 5.15. The quantitative estimate of drug-likeness (QED) is 0.710. The normalized spacial score (nSPS) is 10.9. The molecule has 1 nitrogen and oxygen atoms in total. The Balaban J connectivity index is 2.65. The summed E-state index contributed by atoms with van der Waals surface area (Å²) in [5.74, 6) is 0.624. The van der Waals surface area contributed by atoms with Gasteiger partial charge in [0.1, 0.15) is 4.34 Å². The minimum absolute atomic E-state index is 0.0897. The molecule has 14 heavy (non-hydrogen) atoms. The summed E-state index contributed by atoms with van der Waals surface area (Å²) in [7, 11) is 0. The van der Waals surface area contributed by atoms with Crippen LogP contribution in [0.4, 0.5) is 0 Å². The van der Waals surface area contributed by atoms with Crippen molar-refractivity contribution in [3.63, 3.8) is 0 Å². The van der Waals surface area contributed by atoms with E-state index in [1.165, 1.54) is 11.3 Å². The first-order chi connectivity index (χ1) is 6.50. The molecule has 0 fully saturated rings. The molecule has 0 N–H and O–H groups in total. The number of carbonyl (C=O) groups is 1. The van der Waals surface area contributed by atoms with Crippen molar-refractivity contribution >= 4 is 40.3 Å². The molecule has 1 aromatic heterocycles. The lowest BCUT2D eigenvalue weighted by molar-refractivity contribution is 0.0976. The van der Waals surface area contributed by atoms with Crippen molar-refractivity contribution in [1.82, 2.24) is 0 Å². The highest BCUT2D eigenvalue weighted by Gasteiger charge is 2.14. The Labute approximate surface area is 98.0 Å². The Kier molecular flexibility index (Phi) is 4.42. The van der Waals surface area contributed by atoms with Crippen LogP contribution >= 0.6 is 34.5 Å². The van der Waals surface area contributed by atoms with Crippen LogP contribution in [0.1, 0.15) is 37.0 Å². The summed E-state index contributed by atoms with van der Waals surface area (Å²) < 4.78 is 1.08. The van der Waals surface area contributed by atoms with Crippen LogP contribution in [-0.2, 0) is 0 Å². The third-order valence-electron chi connectivity index (χ3n) is 1.91. The van der Waals surface area contributed by atoms with E-state index in [0.717, 1.165) is 6.42 Å². The van der Waals surface area contributed by atoms with Gasteiger partial charge >= 0.3 is 0 Å². The summed E-state index contributed by atoms with van der Waals surface area (Å²) >= 11 is 12.9. The zero-order valence-corrected chi connectivity index (χ0v) is 10.5. The molecule has 0 amide bonds. The topological polar surface area (TPSA) is 17.1 Å². The lowest BCUT2D eigenvalue weighted by Crippen LogP contribution is -2.00. The van der Waals surface area contributed by atoms with E-state index < -0.39 is 0 Å². The highest BCUT2D eigenvalue weighted by atomic mass is 35.5. The fraction of sp³-hybridized carbons (Fsp3) is 0.500. The van der Waals surface area contributed by atoms with Crippen LogP contribution in [0.15, 0.2) is 6.07 Å². The smallest absolute Gasteiger partial charge is 0.165 e. The van der Waals surface area contributed by atoms with Crippen molar-refractivity contribution in [1.29, 1.82) is 0 Å². The minimum Gasteiger partial charge on any atom is -0.294 e.